The van der Waals surface area contributed by atoms with Gasteiger partial charge in [-0.25, -0.2) is 4.98 Å². The van der Waals surface area contributed by atoms with Gasteiger partial charge in [0.1, 0.15) is 5.82 Å². The Balaban J connectivity index is 2.65. The van der Waals surface area contributed by atoms with Crippen LogP contribution in [0.2, 0.25) is 0 Å². The first-order chi connectivity index (χ1) is 7.25. The van der Waals surface area contributed by atoms with Crippen molar-refractivity contribution in [2.75, 3.05) is 11.5 Å². The van der Waals surface area contributed by atoms with E-state index in [1.807, 2.05) is 30.4 Å². The van der Waals surface area contributed by atoms with Gasteiger partial charge in [-0.2, -0.15) is 0 Å². The molecule has 1 aromatic heterocycles. The van der Waals surface area contributed by atoms with Crippen molar-refractivity contribution < 1.29 is 0 Å². The minimum Gasteiger partial charge on any atom is -0.396 e. The third-order valence-electron chi connectivity index (χ3n) is 1.94. The molecule has 0 aliphatic carbocycles. The summed E-state index contributed by atoms with van der Waals surface area (Å²) in [5, 5.41) is 0. The summed E-state index contributed by atoms with van der Waals surface area (Å²) in [6, 6.07) is 1.87. The van der Waals surface area contributed by atoms with Gasteiger partial charge in [0, 0.05) is 6.20 Å². The van der Waals surface area contributed by atoms with Crippen LogP contribution >= 0.6 is 0 Å². The van der Waals surface area contributed by atoms with Crippen LogP contribution in [-0.2, 0) is 6.42 Å². The number of allylic oxidation sites excluding steroid dienone is 5. The highest BCUT2D eigenvalue weighted by molar-refractivity contribution is 5.63. The lowest BCUT2D eigenvalue weighted by molar-refractivity contribution is 1.22. The van der Waals surface area contributed by atoms with Crippen molar-refractivity contribution >= 4 is 11.5 Å². The van der Waals surface area contributed by atoms with Crippen LogP contribution in [-0.4, -0.2) is 4.98 Å². The molecule has 0 saturated carbocycles. The largest absolute Gasteiger partial charge is 0.396 e. The van der Waals surface area contributed by atoms with Gasteiger partial charge in [-0.05, 0) is 18.1 Å². The van der Waals surface area contributed by atoms with Gasteiger partial charge in [0.15, 0.2) is 0 Å². The third-order valence-corrected chi connectivity index (χ3v) is 1.94. The van der Waals surface area contributed by atoms with E-state index in [1.54, 1.807) is 12.3 Å². The summed E-state index contributed by atoms with van der Waals surface area (Å²) in [4.78, 5) is 3.90. The molecule has 0 aliphatic heterocycles. The van der Waals surface area contributed by atoms with E-state index in [4.69, 9.17) is 11.5 Å². The predicted molar refractivity (Wildman–Crippen MR) is 65.2 cm³/mol. The van der Waals surface area contributed by atoms with Crippen LogP contribution in [0.4, 0.5) is 11.5 Å². The number of nitrogen functional groups attached to an aromatic ring is 2. The van der Waals surface area contributed by atoms with Gasteiger partial charge in [-0.1, -0.05) is 37.0 Å². The Morgan fingerprint density at radius 2 is 2.07 bits per heavy atom. The molecule has 0 aliphatic rings. The summed E-state index contributed by atoms with van der Waals surface area (Å²) >= 11 is 0. The van der Waals surface area contributed by atoms with Crippen LogP contribution in [0.1, 0.15) is 5.56 Å². The van der Waals surface area contributed by atoms with Crippen LogP contribution in [0, 0.1) is 0 Å². The summed E-state index contributed by atoms with van der Waals surface area (Å²) in [6.45, 7) is 3.58. The lowest BCUT2D eigenvalue weighted by atomic mass is 10.1. The second-order valence-electron chi connectivity index (χ2n) is 3.02. The summed E-state index contributed by atoms with van der Waals surface area (Å²) in [5.41, 5.74) is 12.9. The van der Waals surface area contributed by atoms with Crippen LogP contribution in [0.5, 0.6) is 0 Å². The second kappa shape index (κ2) is 5.65. The van der Waals surface area contributed by atoms with Gasteiger partial charge in [-0.15, -0.1) is 0 Å². The van der Waals surface area contributed by atoms with Crippen LogP contribution in [0.15, 0.2) is 49.2 Å². The number of hydrogen-bond donors (Lipinski definition) is 2. The van der Waals surface area contributed by atoms with Gasteiger partial charge in [0.05, 0.1) is 5.69 Å². The van der Waals surface area contributed by atoms with E-state index in [0.717, 1.165) is 12.0 Å². The molecule has 1 aromatic rings. The molecule has 1 rings (SSSR count). The molecule has 0 aromatic carbocycles. The molecule has 4 N–H and O–H groups in total. The maximum absolute atomic E-state index is 5.77. The number of anilines is 2. The molecule has 1 heterocycles. The Bertz CT molecular complexity index is 392. The minimum absolute atomic E-state index is 0.391. The van der Waals surface area contributed by atoms with Crippen molar-refractivity contribution in [1.82, 2.24) is 4.98 Å². The lowest BCUT2D eigenvalue weighted by Gasteiger charge is -2.03. The molecule has 0 amide bonds. The first-order valence-electron chi connectivity index (χ1n) is 4.68. The van der Waals surface area contributed by atoms with Gasteiger partial charge in [-0.3, -0.25) is 0 Å². The molecule has 0 fully saturated rings. The van der Waals surface area contributed by atoms with E-state index >= 15 is 0 Å². The molecule has 0 spiro atoms. The average Bonchev–Trinajstić information content (AvgIpc) is 2.24. The monoisotopic (exact) mass is 201 g/mol. The quantitative estimate of drug-likeness (QED) is 0.733. The van der Waals surface area contributed by atoms with Crippen molar-refractivity contribution in [3.8, 4) is 0 Å². The Morgan fingerprint density at radius 1 is 1.27 bits per heavy atom. The maximum Gasteiger partial charge on any atom is 0.146 e. The van der Waals surface area contributed by atoms with Crippen molar-refractivity contribution in [1.29, 1.82) is 0 Å². The van der Waals surface area contributed by atoms with Crippen molar-refractivity contribution in [3.63, 3.8) is 0 Å². The van der Waals surface area contributed by atoms with Gasteiger partial charge >= 0.3 is 0 Å². The molecule has 3 heteroatoms. The van der Waals surface area contributed by atoms with Gasteiger partial charge < -0.3 is 11.5 Å². The zero-order chi connectivity index (χ0) is 11.1. The number of nitrogens with zero attached hydrogens (tertiary/aromatic N) is 1. The normalized spacial score (nSPS) is 11.2. The smallest absolute Gasteiger partial charge is 0.146 e. The fraction of sp³-hybridized carbons (Fsp3) is 0.0833. The summed E-state index contributed by atoms with van der Waals surface area (Å²) in [7, 11) is 0. The fourth-order valence-electron chi connectivity index (χ4n) is 1.13. The number of pyridine rings is 1. The SMILES string of the molecule is C=CC=CC=CCc1ccnc(N)c1N. The van der Waals surface area contributed by atoms with E-state index in [2.05, 4.69) is 11.6 Å². The maximum atomic E-state index is 5.77. The van der Waals surface area contributed by atoms with E-state index < -0.39 is 0 Å². The lowest BCUT2D eigenvalue weighted by Crippen LogP contribution is -2.01. The molecule has 0 radical (unpaired) electrons. The van der Waals surface area contributed by atoms with E-state index in [0.29, 0.717) is 11.5 Å². The molecular formula is C12H15N3. The molecular weight excluding hydrogens is 186 g/mol. The molecule has 78 valence electrons. The van der Waals surface area contributed by atoms with Crippen LogP contribution < -0.4 is 11.5 Å². The standard InChI is InChI=1S/C12H15N3/c1-2-3-4-5-6-7-10-8-9-15-12(14)11(10)13/h2-6,8-9H,1,7,13H2,(H2,14,15). The first-order valence-corrected chi connectivity index (χ1v) is 4.68. The molecule has 0 bridgehead atoms. The molecule has 0 unspecified atom stereocenters. The van der Waals surface area contributed by atoms with Crippen molar-refractivity contribution in [3.05, 3.63) is 54.8 Å². The molecule has 15 heavy (non-hydrogen) atoms. The predicted octanol–water partition coefficient (Wildman–Crippen LogP) is 2.09. The zero-order valence-corrected chi connectivity index (χ0v) is 8.56. The van der Waals surface area contributed by atoms with E-state index in [-0.39, 0.29) is 0 Å². The summed E-state index contributed by atoms with van der Waals surface area (Å²) in [5.74, 6) is 0.391. The highest BCUT2D eigenvalue weighted by atomic mass is 14.9. The Labute approximate surface area is 89.8 Å². The summed E-state index contributed by atoms with van der Waals surface area (Å²) in [6.07, 6.45) is 11.9. The van der Waals surface area contributed by atoms with Gasteiger partial charge in [0.2, 0.25) is 0 Å². The second-order valence-corrected chi connectivity index (χ2v) is 3.02. The van der Waals surface area contributed by atoms with Crippen molar-refractivity contribution in [2.24, 2.45) is 0 Å². The number of hydrogen-bond acceptors (Lipinski definition) is 3. The molecule has 0 atom stereocenters. The zero-order valence-electron chi connectivity index (χ0n) is 8.56. The highest BCUT2D eigenvalue weighted by Gasteiger charge is 2.00. The van der Waals surface area contributed by atoms with Crippen molar-refractivity contribution in [2.45, 2.75) is 6.42 Å². The topological polar surface area (TPSA) is 64.9 Å². The van der Waals surface area contributed by atoms with Crippen LogP contribution in [0.3, 0.4) is 0 Å². The third kappa shape index (κ3) is 3.31. The van der Waals surface area contributed by atoms with E-state index in [9.17, 15) is 0 Å². The highest BCUT2D eigenvalue weighted by Crippen LogP contribution is 2.17. The molecule has 3 nitrogen and oxygen atoms in total. The first kappa shape index (κ1) is 11.0. The Hall–Kier alpha value is -2.03. The fourth-order valence-corrected chi connectivity index (χ4v) is 1.13. The Kier molecular flexibility index (Phi) is 4.16. The molecule has 0 saturated heterocycles. The van der Waals surface area contributed by atoms with Crippen LogP contribution in [0.25, 0.3) is 0 Å². The number of aromatic nitrogens is 1. The number of nitrogens with two attached hydrogens (primary N) is 2. The average molecular weight is 201 g/mol. The van der Waals surface area contributed by atoms with Gasteiger partial charge in [0.25, 0.3) is 0 Å². The summed E-state index contributed by atoms with van der Waals surface area (Å²) < 4.78 is 0. The Morgan fingerprint density at radius 3 is 2.80 bits per heavy atom. The van der Waals surface area contributed by atoms with E-state index in [1.165, 1.54) is 0 Å². The number of rotatable bonds is 4. The minimum atomic E-state index is 0.391.